The number of nitrogens with zero attached hydrogens (tertiary/aromatic N) is 3. The smallest absolute Gasteiger partial charge is 0.128 e. The van der Waals surface area contributed by atoms with Crippen molar-refractivity contribution >= 4 is 5.82 Å². The molecule has 2 heterocycles. The lowest BCUT2D eigenvalue weighted by molar-refractivity contribution is 0.249. The summed E-state index contributed by atoms with van der Waals surface area (Å²) in [5.41, 5.74) is 1.30. The van der Waals surface area contributed by atoms with Gasteiger partial charge in [-0.1, -0.05) is 0 Å². The number of nitrogens with one attached hydrogen (secondary N) is 1. The summed E-state index contributed by atoms with van der Waals surface area (Å²) in [5, 5.41) is 3.18. The number of piperidine rings is 1. The number of rotatable bonds is 4. The molecule has 0 unspecified atom stereocenters. The molecule has 0 spiro atoms. The van der Waals surface area contributed by atoms with Gasteiger partial charge in [-0.2, -0.15) is 0 Å². The number of aromatic nitrogens is 1. The molecule has 18 heavy (non-hydrogen) atoms. The van der Waals surface area contributed by atoms with Crippen LogP contribution in [0.15, 0.2) is 18.3 Å². The van der Waals surface area contributed by atoms with Crippen LogP contribution in [0.5, 0.6) is 0 Å². The quantitative estimate of drug-likeness (QED) is 0.871. The minimum atomic E-state index is 0.724. The van der Waals surface area contributed by atoms with E-state index in [0.717, 1.165) is 31.5 Å². The molecule has 0 bridgehead atoms. The highest BCUT2D eigenvalue weighted by Gasteiger charge is 2.21. The monoisotopic (exact) mass is 248 g/mol. The van der Waals surface area contributed by atoms with Crippen molar-refractivity contribution < 1.29 is 0 Å². The summed E-state index contributed by atoms with van der Waals surface area (Å²) < 4.78 is 0. The normalized spacial score (nSPS) is 17.4. The average Bonchev–Trinajstić information content (AvgIpc) is 2.39. The van der Waals surface area contributed by atoms with Crippen molar-refractivity contribution in [3.05, 3.63) is 23.9 Å². The molecule has 2 rings (SSSR count). The Bertz CT molecular complexity index is 370. The molecule has 1 aliphatic heterocycles. The van der Waals surface area contributed by atoms with Crippen LogP contribution in [0.1, 0.15) is 18.4 Å². The fraction of sp³-hybridized carbons (Fsp3) is 0.643. The lowest BCUT2D eigenvalue weighted by Crippen LogP contribution is -2.42. The predicted molar refractivity (Wildman–Crippen MR) is 75.9 cm³/mol. The molecule has 4 heteroatoms. The van der Waals surface area contributed by atoms with E-state index in [1.807, 2.05) is 13.2 Å². The molecule has 1 fully saturated rings. The summed E-state index contributed by atoms with van der Waals surface area (Å²) in [5.74, 6) is 1.12. The lowest BCUT2D eigenvalue weighted by Gasteiger charge is -2.35. The first kappa shape index (κ1) is 13.3. The standard InChI is InChI=1S/C14H24N4/c1-15-11-12-4-7-16-14(10-12)18-8-5-13(6-9-18)17(2)3/h4,7,10,13,15H,5-6,8-9,11H2,1-3H3. The van der Waals surface area contributed by atoms with Gasteiger partial charge in [0.15, 0.2) is 0 Å². The van der Waals surface area contributed by atoms with Gasteiger partial charge in [0.1, 0.15) is 5.82 Å². The molecule has 1 aromatic heterocycles. The van der Waals surface area contributed by atoms with Crippen LogP contribution in [-0.2, 0) is 6.54 Å². The maximum Gasteiger partial charge on any atom is 0.128 e. The summed E-state index contributed by atoms with van der Waals surface area (Å²) in [7, 11) is 6.32. The highest BCUT2D eigenvalue weighted by molar-refractivity contribution is 5.41. The van der Waals surface area contributed by atoms with E-state index in [0.29, 0.717) is 0 Å². The molecule has 1 N–H and O–H groups in total. The molecule has 1 saturated heterocycles. The molecule has 1 aromatic rings. The summed E-state index contributed by atoms with van der Waals surface area (Å²) >= 11 is 0. The van der Waals surface area contributed by atoms with Gasteiger partial charge >= 0.3 is 0 Å². The Morgan fingerprint density at radius 3 is 2.72 bits per heavy atom. The van der Waals surface area contributed by atoms with Crippen molar-refractivity contribution in [1.82, 2.24) is 15.2 Å². The van der Waals surface area contributed by atoms with Crippen molar-refractivity contribution in [2.45, 2.75) is 25.4 Å². The van der Waals surface area contributed by atoms with E-state index in [1.54, 1.807) is 0 Å². The summed E-state index contributed by atoms with van der Waals surface area (Å²) in [6.45, 7) is 3.13. The molecule has 0 aliphatic carbocycles. The third-order valence-corrected chi connectivity index (χ3v) is 3.71. The van der Waals surface area contributed by atoms with Crippen molar-refractivity contribution in [2.75, 3.05) is 39.1 Å². The number of hydrogen-bond acceptors (Lipinski definition) is 4. The first-order chi connectivity index (χ1) is 8.70. The molecule has 4 nitrogen and oxygen atoms in total. The van der Waals surface area contributed by atoms with Crippen molar-refractivity contribution in [3.63, 3.8) is 0 Å². The van der Waals surface area contributed by atoms with Gasteiger partial charge in [-0.3, -0.25) is 0 Å². The second-order valence-electron chi connectivity index (χ2n) is 5.23. The van der Waals surface area contributed by atoms with Crippen LogP contribution in [-0.4, -0.2) is 50.2 Å². The van der Waals surface area contributed by atoms with E-state index in [1.165, 1.54) is 18.4 Å². The molecule has 0 radical (unpaired) electrons. The Labute approximate surface area is 110 Å². The first-order valence-corrected chi connectivity index (χ1v) is 6.71. The number of anilines is 1. The molecule has 0 saturated carbocycles. The Hall–Kier alpha value is -1.13. The maximum absolute atomic E-state index is 4.50. The van der Waals surface area contributed by atoms with Crippen LogP contribution in [0.25, 0.3) is 0 Å². The predicted octanol–water partition coefficient (Wildman–Crippen LogP) is 1.33. The zero-order chi connectivity index (χ0) is 13.0. The first-order valence-electron chi connectivity index (χ1n) is 6.71. The summed E-state index contributed by atoms with van der Waals surface area (Å²) in [4.78, 5) is 9.24. The van der Waals surface area contributed by atoms with E-state index in [4.69, 9.17) is 0 Å². The van der Waals surface area contributed by atoms with E-state index >= 15 is 0 Å². The van der Waals surface area contributed by atoms with Gasteiger partial charge in [-0.05, 0) is 51.7 Å². The molecule has 0 amide bonds. The average molecular weight is 248 g/mol. The summed E-state index contributed by atoms with van der Waals surface area (Å²) in [6.07, 6.45) is 4.37. The molecule has 0 aromatic carbocycles. The van der Waals surface area contributed by atoms with Crippen LogP contribution >= 0.6 is 0 Å². The Balaban J connectivity index is 1.98. The Kier molecular flexibility index (Phi) is 4.55. The van der Waals surface area contributed by atoms with Gasteiger partial charge < -0.3 is 15.1 Å². The van der Waals surface area contributed by atoms with Gasteiger partial charge in [0, 0.05) is 31.9 Å². The van der Waals surface area contributed by atoms with Crippen LogP contribution in [0, 0.1) is 0 Å². The molecule has 0 atom stereocenters. The molecule has 1 aliphatic rings. The second-order valence-corrected chi connectivity index (χ2v) is 5.23. The highest BCUT2D eigenvalue weighted by Crippen LogP contribution is 2.20. The zero-order valence-electron chi connectivity index (χ0n) is 11.7. The van der Waals surface area contributed by atoms with Gasteiger partial charge in [-0.25, -0.2) is 4.98 Å². The minimum absolute atomic E-state index is 0.724. The van der Waals surface area contributed by atoms with E-state index in [2.05, 4.69) is 46.3 Å². The van der Waals surface area contributed by atoms with Gasteiger partial charge in [0.2, 0.25) is 0 Å². The van der Waals surface area contributed by atoms with E-state index in [9.17, 15) is 0 Å². The SMILES string of the molecule is CNCc1ccnc(N2CCC(N(C)C)CC2)c1. The Morgan fingerprint density at radius 1 is 1.39 bits per heavy atom. The third kappa shape index (κ3) is 3.21. The topological polar surface area (TPSA) is 31.4 Å². The number of pyridine rings is 1. The van der Waals surface area contributed by atoms with Crippen molar-refractivity contribution in [2.24, 2.45) is 0 Å². The van der Waals surface area contributed by atoms with Gasteiger partial charge in [-0.15, -0.1) is 0 Å². The molecule has 100 valence electrons. The van der Waals surface area contributed by atoms with Crippen LogP contribution in [0.4, 0.5) is 5.82 Å². The van der Waals surface area contributed by atoms with Crippen molar-refractivity contribution in [3.8, 4) is 0 Å². The Morgan fingerprint density at radius 2 is 2.11 bits per heavy atom. The van der Waals surface area contributed by atoms with Gasteiger partial charge in [0.05, 0.1) is 0 Å². The number of hydrogen-bond donors (Lipinski definition) is 1. The van der Waals surface area contributed by atoms with E-state index < -0.39 is 0 Å². The molecular weight excluding hydrogens is 224 g/mol. The maximum atomic E-state index is 4.50. The van der Waals surface area contributed by atoms with Crippen LogP contribution in [0.2, 0.25) is 0 Å². The van der Waals surface area contributed by atoms with Crippen LogP contribution in [0.3, 0.4) is 0 Å². The molecular formula is C14H24N4. The highest BCUT2D eigenvalue weighted by atomic mass is 15.2. The van der Waals surface area contributed by atoms with Crippen molar-refractivity contribution in [1.29, 1.82) is 0 Å². The zero-order valence-corrected chi connectivity index (χ0v) is 11.7. The largest absolute Gasteiger partial charge is 0.356 e. The van der Waals surface area contributed by atoms with Gasteiger partial charge in [0.25, 0.3) is 0 Å². The summed E-state index contributed by atoms with van der Waals surface area (Å²) in [6, 6.07) is 5.00. The third-order valence-electron chi connectivity index (χ3n) is 3.71. The second kappa shape index (κ2) is 6.16. The van der Waals surface area contributed by atoms with Crippen LogP contribution < -0.4 is 10.2 Å². The fourth-order valence-electron chi connectivity index (χ4n) is 2.56. The minimum Gasteiger partial charge on any atom is -0.356 e. The lowest BCUT2D eigenvalue weighted by atomic mass is 10.0. The fourth-order valence-corrected chi connectivity index (χ4v) is 2.56. The van der Waals surface area contributed by atoms with E-state index in [-0.39, 0.29) is 0 Å².